The van der Waals surface area contributed by atoms with E-state index in [1.807, 2.05) is 6.07 Å². The molecule has 26 heavy (non-hydrogen) atoms. The van der Waals surface area contributed by atoms with Gasteiger partial charge in [0.15, 0.2) is 0 Å². The molecule has 0 saturated carbocycles. The lowest BCUT2D eigenvalue weighted by molar-refractivity contribution is -0.111. The van der Waals surface area contributed by atoms with Crippen molar-refractivity contribution in [2.75, 3.05) is 23.3 Å². The standard InChI is InChI=1S/C18H23N5O3/c1-5-23(6-2)15-9-8-14(11-19-15)20-16(24)10-7-13-12-21(3)18(26)22(4)17(13)25/h7-12H,5-6H2,1-4H3,(H,20,24)/b10-7+. The van der Waals surface area contributed by atoms with Crippen LogP contribution in [0.1, 0.15) is 19.4 Å². The fraction of sp³-hybridized carbons (Fsp3) is 0.333. The van der Waals surface area contributed by atoms with Gasteiger partial charge in [-0.25, -0.2) is 9.78 Å². The molecule has 0 aliphatic carbocycles. The first-order valence-corrected chi connectivity index (χ1v) is 8.34. The van der Waals surface area contributed by atoms with Gasteiger partial charge in [-0.2, -0.15) is 0 Å². The number of aromatic nitrogens is 3. The first-order chi connectivity index (χ1) is 12.4. The summed E-state index contributed by atoms with van der Waals surface area (Å²) in [6, 6.07) is 3.62. The van der Waals surface area contributed by atoms with Crippen molar-refractivity contribution in [3.8, 4) is 0 Å². The fourth-order valence-corrected chi connectivity index (χ4v) is 2.49. The first-order valence-electron chi connectivity index (χ1n) is 8.34. The number of rotatable bonds is 6. The van der Waals surface area contributed by atoms with Crippen LogP contribution in [-0.4, -0.2) is 33.1 Å². The van der Waals surface area contributed by atoms with Gasteiger partial charge < -0.3 is 14.8 Å². The van der Waals surface area contributed by atoms with E-state index in [4.69, 9.17) is 0 Å². The predicted octanol–water partition coefficient (Wildman–Crippen LogP) is 0.977. The smallest absolute Gasteiger partial charge is 0.330 e. The third-order valence-corrected chi connectivity index (χ3v) is 3.99. The second kappa shape index (κ2) is 8.28. The molecule has 2 aromatic heterocycles. The van der Waals surface area contributed by atoms with Crippen molar-refractivity contribution in [3.63, 3.8) is 0 Å². The number of aryl methyl sites for hydroxylation is 1. The van der Waals surface area contributed by atoms with Crippen LogP contribution in [0.3, 0.4) is 0 Å². The van der Waals surface area contributed by atoms with Gasteiger partial charge in [-0.05, 0) is 32.1 Å². The van der Waals surface area contributed by atoms with Gasteiger partial charge in [0.05, 0.1) is 17.4 Å². The summed E-state index contributed by atoms with van der Waals surface area (Å²) >= 11 is 0. The third kappa shape index (κ3) is 4.27. The van der Waals surface area contributed by atoms with Crippen LogP contribution < -0.4 is 21.5 Å². The summed E-state index contributed by atoms with van der Waals surface area (Å²) in [5, 5.41) is 2.69. The van der Waals surface area contributed by atoms with Crippen LogP contribution in [0, 0.1) is 0 Å². The SMILES string of the molecule is CCN(CC)c1ccc(NC(=O)/C=C/c2cn(C)c(=O)n(C)c2=O)cn1. The van der Waals surface area contributed by atoms with Crippen molar-refractivity contribution in [3.05, 3.63) is 57.0 Å². The van der Waals surface area contributed by atoms with Crippen molar-refractivity contribution in [2.24, 2.45) is 14.1 Å². The van der Waals surface area contributed by atoms with E-state index in [1.165, 1.54) is 30.0 Å². The second-order valence-electron chi connectivity index (χ2n) is 5.74. The van der Waals surface area contributed by atoms with Crippen molar-refractivity contribution in [2.45, 2.75) is 13.8 Å². The number of pyridine rings is 1. The molecule has 0 radical (unpaired) electrons. The number of anilines is 2. The number of carbonyl (C=O) groups is 1. The van der Waals surface area contributed by atoms with E-state index in [1.54, 1.807) is 19.3 Å². The highest BCUT2D eigenvalue weighted by molar-refractivity contribution is 6.01. The lowest BCUT2D eigenvalue weighted by atomic mass is 10.3. The van der Waals surface area contributed by atoms with Crippen molar-refractivity contribution in [1.82, 2.24) is 14.1 Å². The lowest BCUT2D eigenvalue weighted by Gasteiger charge is -2.19. The largest absolute Gasteiger partial charge is 0.357 e. The minimum absolute atomic E-state index is 0.250. The summed E-state index contributed by atoms with van der Waals surface area (Å²) < 4.78 is 2.28. The molecule has 0 saturated heterocycles. The molecule has 1 amide bonds. The minimum atomic E-state index is -0.456. The van der Waals surface area contributed by atoms with Gasteiger partial charge in [0, 0.05) is 39.5 Å². The van der Waals surface area contributed by atoms with E-state index in [2.05, 4.69) is 29.0 Å². The highest BCUT2D eigenvalue weighted by Gasteiger charge is 2.06. The molecule has 0 aromatic carbocycles. The molecule has 0 spiro atoms. The Kier molecular flexibility index (Phi) is 6.11. The maximum Gasteiger partial charge on any atom is 0.330 e. The van der Waals surface area contributed by atoms with Crippen LogP contribution in [-0.2, 0) is 18.9 Å². The highest BCUT2D eigenvalue weighted by atomic mass is 16.2. The molecule has 8 heteroatoms. The lowest BCUT2D eigenvalue weighted by Crippen LogP contribution is -2.37. The van der Waals surface area contributed by atoms with Crippen molar-refractivity contribution in [1.29, 1.82) is 0 Å². The topological polar surface area (TPSA) is 89.2 Å². The Morgan fingerprint density at radius 3 is 2.50 bits per heavy atom. The van der Waals surface area contributed by atoms with Gasteiger partial charge in [-0.15, -0.1) is 0 Å². The highest BCUT2D eigenvalue weighted by Crippen LogP contribution is 2.13. The molecule has 2 heterocycles. The summed E-state index contributed by atoms with van der Waals surface area (Å²) in [6.45, 7) is 5.81. The molecule has 0 unspecified atom stereocenters. The molecule has 2 aromatic rings. The molecule has 8 nitrogen and oxygen atoms in total. The van der Waals surface area contributed by atoms with Gasteiger partial charge in [0.2, 0.25) is 5.91 Å². The summed E-state index contributed by atoms with van der Waals surface area (Å²) in [5.74, 6) is 0.454. The van der Waals surface area contributed by atoms with Crippen LogP contribution in [0.25, 0.3) is 6.08 Å². The summed E-state index contributed by atoms with van der Waals surface area (Å²) in [6.07, 6.45) is 5.62. The van der Waals surface area contributed by atoms with E-state index in [9.17, 15) is 14.4 Å². The second-order valence-corrected chi connectivity index (χ2v) is 5.74. The van der Waals surface area contributed by atoms with Crippen LogP contribution in [0.5, 0.6) is 0 Å². The average Bonchev–Trinajstić information content (AvgIpc) is 2.64. The molecule has 0 fully saturated rings. The molecule has 0 aliphatic heterocycles. The van der Waals surface area contributed by atoms with Crippen molar-refractivity contribution >= 4 is 23.5 Å². The van der Waals surface area contributed by atoms with Crippen molar-refractivity contribution < 1.29 is 4.79 Å². The first kappa shape index (κ1) is 19.2. The van der Waals surface area contributed by atoms with E-state index in [0.29, 0.717) is 5.69 Å². The van der Waals surface area contributed by atoms with Crippen LogP contribution in [0.4, 0.5) is 11.5 Å². The molecule has 1 N–H and O–H groups in total. The molecular formula is C18H23N5O3. The molecule has 2 rings (SSSR count). The minimum Gasteiger partial charge on any atom is -0.357 e. The Bertz CT molecular complexity index is 921. The maximum atomic E-state index is 12.1. The number of hydrogen-bond acceptors (Lipinski definition) is 5. The van der Waals surface area contributed by atoms with Gasteiger partial charge in [-0.1, -0.05) is 0 Å². The molecule has 0 bridgehead atoms. The zero-order valence-electron chi connectivity index (χ0n) is 15.4. The Morgan fingerprint density at radius 1 is 1.23 bits per heavy atom. The molecule has 0 aliphatic rings. The quantitative estimate of drug-likeness (QED) is 0.779. The van der Waals surface area contributed by atoms with Crippen LogP contribution in [0.2, 0.25) is 0 Å². The summed E-state index contributed by atoms with van der Waals surface area (Å²) in [5.41, 5.74) is -0.0676. The van der Waals surface area contributed by atoms with Crippen LogP contribution >= 0.6 is 0 Å². The van der Waals surface area contributed by atoms with Gasteiger partial charge >= 0.3 is 5.69 Å². The average molecular weight is 357 g/mol. The molecule has 0 atom stereocenters. The Hall–Kier alpha value is -3.16. The van der Waals surface area contributed by atoms with Gasteiger partial charge in [0.1, 0.15) is 5.82 Å². The van der Waals surface area contributed by atoms with Crippen LogP contribution in [0.15, 0.2) is 40.2 Å². The summed E-state index contributed by atoms with van der Waals surface area (Å²) in [4.78, 5) is 42.2. The predicted molar refractivity (Wildman–Crippen MR) is 102 cm³/mol. The molecule has 138 valence electrons. The zero-order chi connectivity index (χ0) is 19.3. The zero-order valence-corrected chi connectivity index (χ0v) is 15.4. The number of hydrogen-bond donors (Lipinski definition) is 1. The third-order valence-electron chi connectivity index (χ3n) is 3.99. The Labute approximate surface area is 151 Å². The van der Waals surface area contributed by atoms with E-state index < -0.39 is 17.2 Å². The number of carbonyl (C=O) groups excluding carboxylic acids is 1. The maximum absolute atomic E-state index is 12.1. The van der Waals surface area contributed by atoms with Gasteiger partial charge in [-0.3, -0.25) is 14.2 Å². The summed E-state index contributed by atoms with van der Waals surface area (Å²) in [7, 11) is 2.94. The van der Waals surface area contributed by atoms with E-state index in [-0.39, 0.29) is 5.56 Å². The van der Waals surface area contributed by atoms with E-state index >= 15 is 0 Å². The van der Waals surface area contributed by atoms with Gasteiger partial charge in [0.25, 0.3) is 5.56 Å². The number of nitrogens with one attached hydrogen (secondary N) is 1. The fourth-order valence-electron chi connectivity index (χ4n) is 2.49. The Morgan fingerprint density at radius 2 is 1.92 bits per heavy atom. The molecular weight excluding hydrogens is 334 g/mol. The Balaban J connectivity index is 2.11. The van der Waals surface area contributed by atoms with E-state index in [0.717, 1.165) is 23.5 Å². The number of nitrogens with zero attached hydrogens (tertiary/aromatic N) is 4. The number of amides is 1. The monoisotopic (exact) mass is 357 g/mol. The normalized spacial score (nSPS) is 10.9.